The summed E-state index contributed by atoms with van der Waals surface area (Å²) >= 11 is 10.1. The van der Waals surface area contributed by atoms with Crippen molar-refractivity contribution in [3.63, 3.8) is 0 Å². The summed E-state index contributed by atoms with van der Waals surface area (Å²) in [5.41, 5.74) is 5.43. The highest BCUT2D eigenvalue weighted by Gasteiger charge is 2.19. The van der Waals surface area contributed by atoms with Crippen molar-refractivity contribution >= 4 is 54.6 Å². The van der Waals surface area contributed by atoms with Crippen LogP contribution in [0.2, 0.25) is 4.34 Å². The Labute approximate surface area is 139 Å². The largest absolute Gasteiger partial charge is 0.398 e. The Kier molecular flexibility index (Phi) is 5.26. The normalized spacial score (nSPS) is 11.8. The summed E-state index contributed by atoms with van der Waals surface area (Å²) in [7, 11) is -3.79. The molecule has 0 unspecified atom stereocenters. The first-order valence-electron chi connectivity index (χ1n) is 5.78. The minimum absolute atomic E-state index is 0.0436. The van der Waals surface area contributed by atoms with Crippen LogP contribution in [0.15, 0.2) is 33.6 Å². The average Bonchev–Trinajstić information content (AvgIpc) is 2.79. The Morgan fingerprint density at radius 1 is 1.38 bits per heavy atom. The molecule has 0 bridgehead atoms. The Balaban J connectivity index is 2.10. The van der Waals surface area contributed by atoms with E-state index >= 15 is 0 Å². The number of thiophene rings is 1. The fraction of sp³-hybridized carbons (Fsp3) is 0.167. The Morgan fingerprint density at radius 3 is 2.71 bits per heavy atom. The molecule has 0 saturated carbocycles. The van der Waals surface area contributed by atoms with Crippen molar-refractivity contribution in [1.29, 1.82) is 0 Å². The number of rotatable bonds is 5. The van der Waals surface area contributed by atoms with E-state index in [1.165, 1.54) is 11.3 Å². The summed E-state index contributed by atoms with van der Waals surface area (Å²) in [6.45, 7) is 0.202. The van der Waals surface area contributed by atoms with Gasteiger partial charge in [0.2, 0.25) is 10.0 Å². The first-order valence-corrected chi connectivity index (χ1v) is 9.25. The van der Waals surface area contributed by atoms with Gasteiger partial charge in [-0.05, 0) is 46.6 Å². The number of sulfonamides is 1. The maximum Gasteiger partial charge on any atom is 0.242 e. The van der Waals surface area contributed by atoms with Crippen molar-refractivity contribution in [1.82, 2.24) is 4.72 Å². The van der Waals surface area contributed by atoms with Crippen LogP contribution in [0.4, 0.5) is 10.1 Å². The van der Waals surface area contributed by atoms with Crippen LogP contribution in [-0.2, 0) is 16.4 Å². The van der Waals surface area contributed by atoms with Gasteiger partial charge >= 0.3 is 0 Å². The summed E-state index contributed by atoms with van der Waals surface area (Å²) in [5, 5.41) is 0. The van der Waals surface area contributed by atoms with Crippen LogP contribution in [0.25, 0.3) is 0 Å². The topological polar surface area (TPSA) is 72.2 Å². The molecule has 4 nitrogen and oxygen atoms in total. The maximum absolute atomic E-state index is 13.3. The maximum atomic E-state index is 13.3. The molecule has 2 aromatic rings. The van der Waals surface area contributed by atoms with Crippen LogP contribution in [0, 0.1) is 5.82 Å². The van der Waals surface area contributed by atoms with Crippen LogP contribution >= 0.6 is 38.9 Å². The molecular weight excluding hydrogens is 403 g/mol. The first-order chi connectivity index (χ1) is 9.79. The van der Waals surface area contributed by atoms with E-state index < -0.39 is 15.8 Å². The van der Waals surface area contributed by atoms with E-state index in [4.69, 9.17) is 17.3 Å². The molecule has 0 aliphatic heterocycles. The lowest BCUT2D eigenvalue weighted by Crippen LogP contribution is -2.26. The molecule has 0 aliphatic rings. The third-order valence-electron chi connectivity index (χ3n) is 2.63. The van der Waals surface area contributed by atoms with E-state index in [1.807, 2.05) is 6.07 Å². The van der Waals surface area contributed by atoms with Gasteiger partial charge in [-0.2, -0.15) is 0 Å². The molecule has 0 radical (unpaired) electrons. The number of hydrogen-bond acceptors (Lipinski definition) is 4. The van der Waals surface area contributed by atoms with Crippen molar-refractivity contribution in [3.8, 4) is 0 Å². The second-order valence-electron chi connectivity index (χ2n) is 4.16. The minimum atomic E-state index is -3.79. The summed E-state index contributed by atoms with van der Waals surface area (Å²) < 4.78 is 40.7. The number of benzene rings is 1. The molecule has 1 aromatic carbocycles. The fourth-order valence-corrected chi connectivity index (χ4v) is 4.40. The molecule has 0 saturated heterocycles. The molecule has 0 atom stereocenters. The standard InChI is InChI=1S/C12H11BrClFN2O2S2/c13-8-5-11(10(16)6-9(8)15)21(18,19)17-4-3-7-1-2-12(14)20-7/h1-2,5-6,17H,3-4,16H2. The molecule has 0 fully saturated rings. The van der Waals surface area contributed by atoms with Gasteiger partial charge in [-0.3, -0.25) is 0 Å². The molecule has 1 aromatic heterocycles. The van der Waals surface area contributed by atoms with E-state index in [2.05, 4.69) is 20.7 Å². The lowest BCUT2D eigenvalue weighted by Gasteiger charge is -2.09. The lowest BCUT2D eigenvalue weighted by molar-refractivity contribution is 0.581. The van der Waals surface area contributed by atoms with Gasteiger partial charge < -0.3 is 5.73 Å². The molecule has 1 heterocycles. The molecule has 9 heteroatoms. The van der Waals surface area contributed by atoms with Crippen molar-refractivity contribution in [2.75, 3.05) is 12.3 Å². The van der Waals surface area contributed by atoms with Crippen LogP contribution in [0.5, 0.6) is 0 Å². The van der Waals surface area contributed by atoms with Crippen LogP contribution in [0.1, 0.15) is 4.88 Å². The zero-order valence-electron chi connectivity index (χ0n) is 10.6. The third-order valence-corrected chi connectivity index (χ3v) is 6.05. The van der Waals surface area contributed by atoms with Crippen molar-refractivity contribution in [3.05, 3.63) is 43.8 Å². The summed E-state index contributed by atoms with van der Waals surface area (Å²) in [6.07, 6.45) is 0.513. The number of halogens is 3. The second kappa shape index (κ2) is 6.62. The highest BCUT2D eigenvalue weighted by atomic mass is 79.9. The van der Waals surface area contributed by atoms with Gasteiger partial charge in [0.05, 0.1) is 14.5 Å². The Hall–Kier alpha value is -0.670. The lowest BCUT2D eigenvalue weighted by atomic mass is 10.3. The van der Waals surface area contributed by atoms with Gasteiger partial charge in [0.15, 0.2) is 0 Å². The van der Waals surface area contributed by atoms with E-state index in [0.29, 0.717) is 10.8 Å². The zero-order valence-corrected chi connectivity index (χ0v) is 14.5. The average molecular weight is 414 g/mol. The first kappa shape index (κ1) is 16.7. The van der Waals surface area contributed by atoms with E-state index in [-0.39, 0.29) is 21.6 Å². The summed E-state index contributed by atoms with van der Waals surface area (Å²) in [4.78, 5) is 0.816. The monoisotopic (exact) mass is 412 g/mol. The van der Waals surface area contributed by atoms with Gasteiger partial charge in [0, 0.05) is 11.4 Å². The molecule has 3 N–H and O–H groups in total. The Morgan fingerprint density at radius 2 is 2.10 bits per heavy atom. The van der Waals surface area contributed by atoms with Crippen molar-refractivity contribution in [2.24, 2.45) is 0 Å². The summed E-state index contributed by atoms with van der Waals surface area (Å²) in [5.74, 6) is -0.611. The van der Waals surface area contributed by atoms with E-state index in [0.717, 1.165) is 17.0 Å². The zero-order chi connectivity index (χ0) is 15.6. The molecular formula is C12H11BrClFN2O2S2. The molecule has 0 aliphatic carbocycles. The van der Waals surface area contributed by atoms with Gasteiger partial charge in [-0.1, -0.05) is 11.6 Å². The third kappa shape index (κ3) is 4.17. The number of anilines is 1. The Bertz CT molecular complexity index is 765. The molecule has 0 spiro atoms. The van der Waals surface area contributed by atoms with Gasteiger partial charge in [-0.25, -0.2) is 17.5 Å². The van der Waals surface area contributed by atoms with Gasteiger partial charge in [0.1, 0.15) is 10.7 Å². The number of nitrogens with two attached hydrogens (primary N) is 1. The highest BCUT2D eigenvalue weighted by molar-refractivity contribution is 9.10. The van der Waals surface area contributed by atoms with E-state index in [9.17, 15) is 12.8 Å². The quantitative estimate of drug-likeness (QED) is 0.738. The van der Waals surface area contributed by atoms with Crippen LogP contribution in [-0.4, -0.2) is 15.0 Å². The minimum Gasteiger partial charge on any atom is -0.398 e. The highest BCUT2D eigenvalue weighted by Crippen LogP contribution is 2.26. The van der Waals surface area contributed by atoms with Gasteiger partial charge in [0.25, 0.3) is 0 Å². The molecule has 21 heavy (non-hydrogen) atoms. The number of nitrogens with one attached hydrogen (secondary N) is 1. The van der Waals surface area contributed by atoms with Gasteiger partial charge in [-0.15, -0.1) is 11.3 Å². The predicted octanol–water partition coefficient (Wildman–Crippen LogP) is 3.41. The molecule has 2 rings (SSSR count). The van der Waals surface area contributed by atoms with Crippen molar-refractivity contribution < 1.29 is 12.8 Å². The second-order valence-corrected chi connectivity index (χ2v) is 8.55. The molecule has 114 valence electrons. The number of nitrogen functional groups attached to an aromatic ring is 1. The smallest absolute Gasteiger partial charge is 0.242 e. The fourth-order valence-electron chi connectivity index (χ4n) is 1.65. The van der Waals surface area contributed by atoms with Crippen molar-refractivity contribution in [2.45, 2.75) is 11.3 Å². The van der Waals surface area contributed by atoms with E-state index in [1.54, 1.807) is 6.07 Å². The number of hydrogen-bond donors (Lipinski definition) is 2. The van der Waals surface area contributed by atoms with Crippen LogP contribution < -0.4 is 10.5 Å². The van der Waals surface area contributed by atoms with Crippen LogP contribution in [0.3, 0.4) is 0 Å². The summed E-state index contributed by atoms with van der Waals surface area (Å²) in [6, 6.07) is 5.71. The SMILES string of the molecule is Nc1cc(F)c(Br)cc1S(=O)(=O)NCCc1ccc(Cl)s1. The predicted molar refractivity (Wildman–Crippen MR) is 86.7 cm³/mol. The molecule has 0 amide bonds.